The molecule has 0 unspecified atom stereocenters. The van der Waals surface area contributed by atoms with E-state index in [-0.39, 0.29) is 27.8 Å². The molecule has 0 atom stereocenters. The first-order valence-corrected chi connectivity index (χ1v) is 6.42. The summed E-state index contributed by atoms with van der Waals surface area (Å²) < 4.78 is 4.77. The summed E-state index contributed by atoms with van der Waals surface area (Å²) in [6, 6.07) is 2.15. The van der Waals surface area contributed by atoms with Gasteiger partial charge >= 0.3 is 0 Å². The Morgan fingerprint density at radius 2 is 2.19 bits per heavy atom. The average Bonchev–Trinajstić information content (AvgIpc) is 2.94. The second-order valence-corrected chi connectivity index (χ2v) is 4.67. The second kappa shape index (κ2) is 6.51. The first-order valence-electron chi connectivity index (χ1n) is 5.66. The average molecular weight is 331 g/mol. The van der Waals surface area contributed by atoms with Crippen molar-refractivity contribution < 1.29 is 14.2 Å². The molecule has 0 saturated heterocycles. The van der Waals surface area contributed by atoms with E-state index in [1.807, 2.05) is 0 Å². The highest BCUT2D eigenvalue weighted by Crippen LogP contribution is 2.30. The number of hydrogen-bond acceptors (Lipinski definition) is 6. The molecule has 0 aliphatic rings. The number of rotatable bonds is 5. The molecule has 0 radical (unpaired) electrons. The van der Waals surface area contributed by atoms with Gasteiger partial charge in [-0.3, -0.25) is 14.9 Å². The lowest BCUT2D eigenvalue weighted by Gasteiger charge is -2.07. The Kier molecular flexibility index (Phi) is 4.71. The highest BCUT2D eigenvalue weighted by molar-refractivity contribution is 6.44. The molecule has 0 aliphatic carbocycles. The number of nitrogens with one attached hydrogen (secondary N) is 1. The van der Waals surface area contributed by atoms with Crippen molar-refractivity contribution in [1.29, 1.82) is 0 Å². The lowest BCUT2D eigenvalue weighted by atomic mass is 10.2. The van der Waals surface area contributed by atoms with Gasteiger partial charge in [0, 0.05) is 25.1 Å². The molecule has 1 aromatic heterocycles. The lowest BCUT2D eigenvalue weighted by molar-refractivity contribution is -0.384. The standard InChI is InChI=1S/C11H8Cl2N4O4/c12-8-4-6(17(19)20)3-7(10(8)13)11(18)14-2-1-9-15-5-16-21-9/h3-5H,1-2H2,(H,14,18). The van der Waals surface area contributed by atoms with Crippen molar-refractivity contribution in [3.8, 4) is 0 Å². The van der Waals surface area contributed by atoms with Gasteiger partial charge < -0.3 is 9.84 Å². The molecule has 2 aromatic rings. The van der Waals surface area contributed by atoms with E-state index in [4.69, 9.17) is 27.7 Å². The molecule has 0 aliphatic heterocycles. The lowest BCUT2D eigenvalue weighted by Crippen LogP contribution is -2.26. The zero-order valence-corrected chi connectivity index (χ0v) is 11.9. The van der Waals surface area contributed by atoms with Crippen molar-refractivity contribution in [3.63, 3.8) is 0 Å². The molecule has 1 aromatic carbocycles. The van der Waals surface area contributed by atoms with Crippen molar-refractivity contribution in [2.45, 2.75) is 6.42 Å². The summed E-state index contributed by atoms with van der Waals surface area (Å²) in [5.41, 5.74) is -0.382. The van der Waals surface area contributed by atoms with E-state index >= 15 is 0 Å². The van der Waals surface area contributed by atoms with Crippen molar-refractivity contribution in [2.75, 3.05) is 6.54 Å². The van der Waals surface area contributed by atoms with Crippen molar-refractivity contribution in [2.24, 2.45) is 0 Å². The van der Waals surface area contributed by atoms with Crippen LogP contribution in [0, 0.1) is 10.1 Å². The summed E-state index contributed by atoms with van der Waals surface area (Å²) in [5, 5.41) is 16.6. The fraction of sp³-hybridized carbons (Fsp3) is 0.182. The topological polar surface area (TPSA) is 111 Å². The van der Waals surface area contributed by atoms with Crippen molar-refractivity contribution >= 4 is 34.8 Å². The van der Waals surface area contributed by atoms with Gasteiger partial charge in [-0.1, -0.05) is 28.4 Å². The summed E-state index contributed by atoms with van der Waals surface area (Å²) in [5.74, 6) is -0.219. The molecule has 0 spiro atoms. The van der Waals surface area contributed by atoms with Crippen LogP contribution < -0.4 is 5.32 Å². The zero-order chi connectivity index (χ0) is 15.4. The summed E-state index contributed by atoms with van der Waals surface area (Å²) in [6.07, 6.45) is 1.57. The molecule has 0 fully saturated rings. The molecule has 10 heteroatoms. The molecule has 0 saturated carbocycles. The first-order chi connectivity index (χ1) is 9.99. The fourth-order valence-electron chi connectivity index (χ4n) is 1.53. The number of hydrogen-bond donors (Lipinski definition) is 1. The van der Waals surface area contributed by atoms with Crippen LogP contribution in [0.25, 0.3) is 0 Å². The van der Waals surface area contributed by atoms with E-state index in [2.05, 4.69) is 15.5 Å². The van der Waals surface area contributed by atoms with Crippen molar-refractivity contribution in [3.05, 3.63) is 50.1 Å². The van der Waals surface area contributed by atoms with Crippen LogP contribution >= 0.6 is 23.2 Å². The van der Waals surface area contributed by atoms with Gasteiger partial charge in [0.05, 0.1) is 20.5 Å². The monoisotopic (exact) mass is 330 g/mol. The maximum absolute atomic E-state index is 12.0. The summed E-state index contributed by atoms with van der Waals surface area (Å²) in [4.78, 5) is 25.9. The van der Waals surface area contributed by atoms with Crippen LogP contribution in [-0.4, -0.2) is 27.5 Å². The highest BCUT2D eigenvalue weighted by Gasteiger charge is 2.19. The van der Waals surface area contributed by atoms with Gasteiger partial charge in [0.2, 0.25) is 5.89 Å². The summed E-state index contributed by atoms with van der Waals surface area (Å²) in [7, 11) is 0. The Labute approximate surface area is 128 Å². The second-order valence-electron chi connectivity index (χ2n) is 3.89. The number of amides is 1. The number of aromatic nitrogens is 2. The molecule has 110 valence electrons. The van der Waals surface area contributed by atoms with Crippen LogP contribution in [-0.2, 0) is 6.42 Å². The Bertz CT molecular complexity index is 675. The Morgan fingerprint density at radius 3 is 2.81 bits per heavy atom. The normalized spacial score (nSPS) is 10.4. The quantitative estimate of drug-likeness (QED) is 0.664. The third kappa shape index (κ3) is 3.67. The third-order valence-corrected chi connectivity index (χ3v) is 3.30. The number of nitrogens with zero attached hydrogens (tertiary/aromatic N) is 3. The Balaban J connectivity index is 2.09. The van der Waals surface area contributed by atoms with E-state index in [1.54, 1.807) is 0 Å². The molecule has 0 bridgehead atoms. The molecule has 1 amide bonds. The van der Waals surface area contributed by atoms with Crippen LogP contribution in [0.5, 0.6) is 0 Å². The van der Waals surface area contributed by atoms with E-state index in [0.29, 0.717) is 12.3 Å². The number of nitro benzene ring substituents is 1. The predicted octanol–water partition coefficient (Wildman–Crippen LogP) is 2.26. The van der Waals surface area contributed by atoms with Gasteiger partial charge in [0.25, 0.3) is 11.6 Å². The van der Waals surface area contributed by atoms with Gasteiger partial charge in [0.1, 0.15) is 0 Å². The number of halogens is 2. The van der Waals surface area contributed by atoms with E-state index < -0.39 is 10.8 Å². The van der Waals surface area contributed by atoms with E-state index in [0.717, 1.165) is 12.1 Å². The van der Waals surface area contributed by atoms with Crippen LogP contribution in [0.2, 0.25) is 10.0 Å². The molecule has 1 heterocycles. The number of carbonyl (C=O) groups excluding carboxylic acids is 1. The number of carbonyl (C=O) groups is 1. The van der Waals surface area contributed by atoms with Crippen LogP contribution in [0.4, 0.5) is 5.69 Å². The first kappa shape index (κ1) is 15.2. The Hall–Kier alpha value is -2.19. The maximum Gasteiger partial charge on any atom is 0.271 e. The molecular formula is C11H8Cl2N4O4. The van der Waals surface area contributed by atoms with Crippen molar-refractivity contribution in [1.82, 2.24) is 15.5 Å². The third-order valence-electron chi connectivity index (χ3n) is 2.50. The van der Waals surface area contributed by atoms with Crippen LogP contribution in [0.3, 0.4) is 0 Å². The number of benzene rings is 1. The van der Waals surface area contributed by atoms with Gasteiger partial charge in [-0.2, -0.15) is 4.98 Å². The SMILES string of the molecule is O=C(NCCc1ncno1)c1cc([N+](=O)[O-])cc(Cl)c1Cl. The van der Waals surface area contributed by atoms with Gasteiger partial charge in [-0.25, -0.2) is 0 Å². The molecule has 21 heavy (non-hydrogen) atoms. The smallest absolute Gasteiger partial charge is 0.271 e. The Morgan fingerprint density at radius 1 is 1.43 bits per heavy atom. The number of nitro groups is 1. The zero-order valence-electron chi connectivity index (χ0n) is 10.4. The number of non-ortho nitro benzene ring substituents is 1. The van der Waals surface area contributed by atoms with E-state index in [1.165, 1.54) is 6.33 Å². The minimum atomic E-state index is -0.655. The minimum absolute atomic E-state index is 0.0439. The molecule has 1 N–H and O–H groups in total. The molecule has 8 nitrogen and oxygen atoms in total. The van der Waals surface area contributed by atoms with Gasteiger partial charge in [-0.05, 0) is 0 Å². The highest BCUT2D eigenvalue weighted by atomic mass is 35.5. The summed E-state index contributed by atoms with van der Waals surface area (Å²) in [6.45, 7) is 0.206. The minimum Gasteiger partial charge on any atom is -0.351 e. The molecule has 2 rings (SSSR count). The van der Waals surface area contributed by atoms with Crippen LogP contribution in [0.15, 0.2) is 23.0 Å². The molecular weight excluding hydrogens is 323 g/mol. The fourth-order valence-corrected chi connectivity index (χ4v) is 1.94. The maximum atomic E-state index is 12.0. The van der Waals surface area contributed by atoms with Crippen LogP contribution in [0.1, 0.15) is 16.2 Å². The van der Waals surface area contributed by atoms with Gasteiger partial charge in [-0.15, -0.1) is 0 Å². The van der Waals surface area contributed by atoms with E-state index in [9.17, 15) is 14.9 Å². The van der Waals surface area contributed by atoms with Gasteiger partial charge in [0.15, 0.2) is 6.33 Å². The largest absolute Gasteiger partial charge is 0.351 e. The predicted molar refractivity (Wildman–Crippen MR) is 73.5 cm³/mol. The summed E-state index contributed by atoms with van der Waals surface area (Å²) >= 11 is 11.7.